The second-order valence-electron chi connectivity index (χ2n) is 1.87. The molecule has 0 heterocycles. The summed E-state index contributed by atoms with van der Waals surface area (Å²) in [6.45, 7) is -0.0334. The van der Waals surface area contributed by atoms with E-state index in [1.54, 1.807) is 0 Å². The van der Waals surface area contributed by atoms with Crippen LogP contribution in [0.2, 0.25) is 0 Å². The Morgan fingerprint density at radius 3 is 2.40 bits per heavy atom. The molecule has 0 saturated carbocycles. The second kappa shape index (κ2) is 3.52. The van der Waals surface area contributed by atoms with Gasteiger partial charge < -0.3 is 11.1 Å². The predicted molar refractivity (Wildman–Crippen MR) is 36.9 cm³/mol. The maximum Gasteiger partial charge on any atom is 0.236 e. The van der Waals surface area contributed by atoms with E-state index in [2.05, 4.69) is 5.32 Å². The van der Waals surface area contributed by atoms with Gasteiger partial charge in [0.25, 0.3) is 0 Å². The zero-order chi connectivity index (χ0) is 8.20. The number of nitrogens with two attached hydrogens (primary N) is 1. The molecule has 0 aromatic rings. The lowest BCUT2D eigenvalue weighted by Crippen LogP contribution is -2.33. The standard InChI is InChI=1S/C4H10N2O3S/c1-10(8,9)2-4(7)6-3-5/h2-3,5H2,1H3,(H,6,7). The Morgan fingerprint density at radius 2 is 2.10 bits per heavy atom. The minimum absolute atomic E-state index is 0.0334. The van der Waals surface area contributed by atoms with E-state index in [1.807, 2.05) is 0 Å². The number of carbonyl (C=O) groups is 1. The zero-order valence-electron chi connectivity index (χ0n) is 5.62. The van der Waals surface area contributed by atoms with E-state index < -0.39 is 21.5 Å². The van der Waals surface area contributed by atoms with Gasteiger partial charge in [-0.25, -0.2) is 8.42 Å². The molecule has 10 heavy (non-hydrogen) atoms. The molecule has 6 heteroatoms. The summed E-state index contributed by atoms with van der Waals surface area (Å²) in [4.78, 5) is 10.5. The normalized spacial score (nSPS) is 11.0. The van der Waals surface area contributed by atoms with E-state index >= 15 is 0 Å². The monoisotopic (exact) mass is 166 g/mol. The number of hydrogen-bond donors (Lipinski definition) is 2. The van der Waals surface area contributed by atoms with Crippen LogP contribution in [0.25, 0.3) is 0 Å². The third-order valence-electron chi connectivity index (χ3n) is 0.693. The predicted octanol–water partition coefficient (Wildman–Crippen LogP) is -1.94. The topological polar surface area (TPSA) is 89.3 Å². The van der Waals surface area contributed by atoms with Gasteiger partial charge in [-0.15, -0.1) is 0 Å². The van der Waals surface area contributed by atoms with E-state index in [4.69, 9.17) is 5.73 Å². The third-order valence-corrected chi connectivity index (χ3v) is 1.48. The Kier molecular flexibility index (Phi) is 3.31. The molecule has 0 aliphatic carbocycles. The highest BCUT2D eigenvalue weighted by molar-refractivity contribution is 7.91. The van der Waals surface area contributed by atoms with Crippen molar-refractivity contribution in [1.82, 2.24) is 5.32 Å². The molecule has 0 saturated heterocycles. The summed E-state index contributed by atoms with van der Waals surface area (Å²) in [5.74, 6) is -1.06. The molecule has 0 fully saturated rings. The van der Waals surface area contributed by atoms with Crippen LogP contribution in [-0.4, -0.2) is 33.0 Å². The Morgan fingerprint density at radius 1 is 1.60 bits per heavy atom. The molecule has 0 rings (SSSR count). The lowest BCUT2D eigenvalue weighted by Gasteiger charge is -1.98. The van der Waals surface area contributed by atoms with Gasteiger partial charge in [0.2, 0.25) is 5.91 Å². The molecule has 0 unspecified atom stereocenters. The molecule has 1 amide bonds. The molecular weight excluding hydrogens is 156 g/mol. The number of amides is 1. The van der Waals surface area contributed by atoms with Gasteiger partial charge >= 0.3 is 0 Å². The Balaban J connectivity index is 3.82. The molecule has 0 aromatic carbocycles. The van der Waals surface area contributed by atoms with Crippen LogP contribution >= 0.6 is 0 Å². The van der Waals surface area contributed by atoms with Crippen molar-refractivity contribution in [2.45, 2.75) is 0 Å². The van der Waals surface area contributed by atoms with Crippen molar-refractivity contribution in [2.75, 3.05) is 18.7 Å². The number of sulfone groups is 1. The summed E-state index contributed by atoms with van der Waals surface area (Å²) < 4.78 is 20.8. The van der Waals surface area contributed by atoms with E-state index in [-0.39, 0.29) is 6.67 Å². The molecule has 0 radical (unpaired) electrons. The van der Waals surface area contributed by atoms with Gasteiger partial charge in [-0.05, 0) is 0 Å². The highest BCUT2D eigenvalue weighted by Crippen LogP contribution is 1.80. The van der Waals surface area contributed by atoms with Crippen molar-refractivity contribution in [3.63, 3.8) is 0 Å². The molecule has 0 aliphatic heterocycles. The summed E-state index contributed by atoms with van der Waals surface area (Å²) in [5, 5.41) is 2.16. The van der Waals surface area contributed by atoms with Gasteiger partial charge in [-0.2, -0.15) is 0 Å². The van der Waals surface area contributed by atoms with Gasteiger partial charge in [0.05, 0.1) is 6.67 Å². The first-order valence-corrected chi connectivity index (χ1v) is 4.66. The summed E-state index contributed by atoms with van der Waals surface area (Å²) in [6.07, 6.45) is 0.989. The van der Waals surface area contributed by atoms with Crippen molar-refractivity contribution in [1.29, 1.82) is 0 Å². The first-order chi connectivity index (χ1) is 4.45. The number of hydrogen-bond acceptors (Lipinski definition) is 4. The molecule has 0 bridgehead atoms. The van der Waals surface area contributed by atoms with Crippen LogP contribution in [0.5, 0.6) is 0 Å². The molecule has 0 aromatic heterocycles. The van der Waals surface area contributed by atoms with Crippen LogP contribution in [-0.2, 0) is 14.6 Å². The van der Waals surface area contributed by atoms with Gasteiger partial charge in [0.1, 0.15) is 5.75 Å². The molecule has 5 nitrogen and oxygen atoms in total. The molecule has 3 N–H and O–H groups in total. The Bertz CT molecular complexity index is 209. The Labute approximate surface area is 59.5 Å². The quantitative estimate of drug-likeness (QED) is 0.477. The molecule has 60 valence electrons. The fourth-order valence-corrected chi connectivity index (χ4v) is 0.981. The molecular formula is C4H10N2O3S. The summed E-state index contributed by atoms with van der Waals surface area (Å²) >= 11 is 0. The average molecular weight is 166 g/mol. The summed E-state index contributed by atoms with van der Waals surface area (Å²) in [5.41, 5.74) is 4.92. The fourth-order valence-electron chi connectivity index (χ4n) is 0.403. The largest absolute Gasteiger partial charge is 0.343 e. The minimum Gasteiger partial charge on any atom is -0.343 e. The van der Waals surface area contributed by atoms with Crippen molar-refractivity contribution in [2.24, 2.45) is 5.73 Å². The van der Waals surface area contributed by atoms with E-state index in [0.717, 1.165) is 6.26 Å². The minimum atomic E-state index is -3.21. The SMILES string of the molecule is CS(=O)(=O)CC(=O)NCN. The molecule has 0 aliphatic rings. The third kappa shape index (κ3) is 5.52. The van der Waals surface area contributed by atoms with Gasteiger partial charge in [-0.3, -0.25) is 4.79 Å². The van der Waals surface area contributed by atoms with Crippen molar-refractivity contribution in [3.8, 4) is 0 Å². The maximum atomic E-state index is 10.5. The van der Waals surface area contributed by atoms with Gasteiger partial charge in [0, 0.05) is 6.26 Å². The molecule has 0 spiro atoms. The molecule has 0 atom stereocenters. The fraction of sp³-hybridized carbons (Fsp3) is 0.750. The van der Waals surface area contributed by atoms with Crippen LogP contribution in [0.15, 0.2) is 0 Å². The van der Waals surface area contributed by atoms with E-state index in [0.29, 0.717) is 0 Å². The Hall–Kier alpha value is -0.620. The maximum absolute atomic E-state index is 10.5. The van der Waals surface area contributed by atoms with Crippen molar-refractivity contribution >= 4 is 15.7 Å². The first kappa shape index (κ1) is 9.38. The number of rotatable bonds is 3. The highest BCUT2D eigenvalue weighted by Gasteiger charge is 2.08. The van der Waals surface area contributed by atoms with Gasteiger partial charge in [0.15, 0.2) is 9.84 Å². The lowest BCUT2D eigenvalue weighted by atomic mass is 10.7. The first-order valence-electron chi connectivity index (χ1n) is 2.60. The smallest absolute Gasteiger partial charge is 0.236 e. The summed E-state index contributed by atoms with van der Waals surface area (Å²) in [6, 6.07) is 0. The van der Waals surface area contributed by atoms with Gasteiger partial charge in [-0.1, -0.05) is 0 Å². The van der Waals surface area contributed by atoms with Crippen LogP contribution in [0.4, 0.5) is 0 Å². The average Bonchev–Trinajstić information content (AvgIpc) is 1.59. The number of carbonyl (C=O) groups excluding carboxylic acids is 1. The zero-order valence-corrected chi connectivity index (χ0v) is 6.44. The number of nitrogens with one attached hydrogen (secondary N) is 1. The van der Waals surface area contributed by atoms with Crippen LogP contribution in [0.1, 0.15) is 0 Å². The van der Waals surface area contributed by atoms with Crippen LogP contribution in [0.3, 0.4) is 0 Å². The van der Waals surface area contributed by atoms with Crippen LogP contribution < -0.4 is 11.1 Å². The lowest BCUT2D eigenvalue weighted by molar-refractivity contribution is -0.118. The second-order valence-corrected chi connectivity index (χ2v) is 4.01. The van der Waals surface area contributed by atoms with Crippen molar-refractivity contribution in [3.05, 3.63) is 0 Å². The summed E-state index contributed by atoms with van der Waals surface area (Å²) in [7, 11) is -3.21. The van der Waals surface area contributed by atoms with E-state index in [9.17, 15) is 13.2 Å². The van der Waals surface area contributed by atoms with E-state index in [1.165, 1.54) is 0 Å². The highest BCUT2D eigenvalue weighted by atomic mass is 32.2. The van der Waals surface area contributed by atoms with Crippen molar-refractivity contribution < 1.29 is 13.2 Å². The van der Waals surface area contributed by atoms with Crippen LogP contribution in [0, 0.1) is 0 Å².